The molecule has 1 atom stereocenters. The molecule has 1 unspecified atom stereocenters. The molecule has 0 radical (unpaired) electrons. The first kappa shape index (κ1) is 25.6. The summed E-state index contributed by atoms with van der Waals surface area (Å²) in [6.45, 7) is 6.00. The third kappa shape index (κ3) is 5.38. The lowest BCUT2D eigenvalue weighted by Crippen LogP contribution is -2.29. The first-order chi connectivity index (χ1) is 17.8. The zero-order valence-corrected chi connectivity index (χ0v) is 20.9. The predicted molar refractivity (Wildman–Crippen MR) is 138 cm³/mol. The zero-order valence-electron chi connectivity index (χ0n) is 20.9. The van der Waals surface area contributed by atoms with E-state index in [4.69, 9.17) is 9.47 Å². The topological polar surface area (TPSA) is 106 Å². The van der Waals surface area contributed by atoms with E-state index in [1.807, 2.05) is 6.92 Å². The Kier molecular flexibility index (Phi) is 7.67. The van der Waals surface area contributed by atoms with Gasteiger partial charge in [0.05, 0.1) is 29.9 Å². The van der Waals surface area contributed by atoms with Gasteiger partial charge >= 0.3 is 5.97 Å². The largest absolute Gasteiger partial charge is 0.507 e. The summed E-state index contributed by atoms with van der Waals surface area (Å²) < 4.78 is 10.9. The highest BCUT2D eigenvalue weighted by Crippen LogP contribution is 2.42. The number of ether oxygens (including phenoxy) is 2. The van der Waals surface area contributed by atoms with E-state index < -0.39 is 23.7 Å². The minimum absolute atomic E-state index is 0.0612. The number of aromatic nitrogens is 1. The van der Waals surface area contributed by atoms with E-state index in [9.17, 15) is 19.5 Å². The average Bonchev–Trinajstić information content (AvgIpc) is 3.17. The molecule has 37 heavy (non-hydrogen) atoms. The normalized spacial score (nSPS) is 16.8. The van der Waals surface area contributed by atoms with Crippen LogP contribution in [0.1, 0.15) is 54.7 Å². The molecule has 0 saturated carbocycles. The highest BCUT2D eigenvalue weighted by molar-refractivity contribution is 6.51. The van der Waals surface area contributed by atoms with Gasteiger partial charge in [0.1, 0.15) is 11.5 Å². The monoisotopic (exact) mass is 500 g/mol. The van der Waals surface area contributed by atoms with Gasteiger partial charge in [0.2, 0.25) is 0 Å². The molecule has 1 aliphatic rings. The Bertz CT molecular complexity index is 1330. The summed E-state index contributed by atoms with van der Waals surface area (Å²) in [7, 11) is 0. The van der Waals surface area contributed by atoms with Crippen molar-refractivity contribution in [2.45, 2.75) is 39.3 Å². The first-order valence-electron chi connectivity index (χ1n) is 12.1. The Balaban J connectivity index is 1.79. The molecule has 0 bridgehead atoms. The Morgan fingerprint density at radius 3 is 2.46 bits per heavy atom. The molecule has 1 fully saturated rings. The molecule has 2 heterocycles. The molecule has 8 nitrogen and oxygen atoms in total. The SMILES string of the molecule is CCCOc1cccc(/C(O)=C2\C(=O)C(=O)N(c3ccc(C(=O)OC(C)C)cc3)C2c2cccnc2)c1. The fraction of sp³-hybridized carbons (Fsp3) is 0.241. The Morgan fingerprint density at radius 2 is 1.81 bits per heavy atom. The molecule has 1 saturated heterocycles. The van der Waals surface area contributed by atoms with Crippen molar-refractivity contribution >= 4 is 29.1 Å². The molecule has 1 aromatic heterocycles. The van der Waals surface area contributed by atoms with Crippen LogP contribution in [0.3, 0.4) is 0 Å². The van der Waals surface area contributed by atoms with Gasteiger partial charge < -0.3 is 14.6 Å². The van der Waals surface area contributed by atoms with Crippen LogP contribution >= 0.6 is 0 Å². The van der Waals surface area contributed by atoms with Gasteiger partial charge in [0.25, 0.3) is 11.7 Å². The summed E-state index contributed by atoms with van der Waals surface area (Å²) >= 11 is 0. The molecular weight excluding hydrogens is 472 g/mol. The van der Waals surface area contributed by atoms with E-state index >= 15 is 0 Å². The maximum Gasteiger partial charge on any atom is 0.338 e. The Morgan fingerprint density at radius 1 is 1.05 bits per heavy atom. The number of rotatable bonds is 8. The number of pyridine rings is 1. The lowest BCUT2D eigenvalue weighted by atomic mass is 9.96. The molecule has 190 valence electrons. The number of aliphatic hydroxyl groups excluding tert-OH is 1. The lowest BCUT2D eigenvalue weighted by molar-refractivity contribution is -0.132. The number of carbonyl (C=O) groups excluding carboxylic acids is 3. The van der Waals surface area contributed by atoms with Crippen molar-refractivity contribution < 1.29 is 29.0 Å². The fourth-order valence-corrected chi connectivity index (χ4v) is 4.10. The first-order valence-corrected chi connectivity index (χ1v) is 12.1. The molecule has 0 spiro atoms. The smallest absolute Gasteiger partial charge is 0.338 e. The summed E-state index contributed by atoms with van der Waals surface area (Å²) in [4.78, 5) is 44.3. The predicted octanol–water partition coefficient (Wildman–Crippen LogP) is 5.06. The number of nitrogens with zero attached hydrogens (tertiary/aromatic N) is 2. The van der Waals surface area contributed by atoms with Crippen molar-refractivity contribution in [2.24, 2.45) is 0 Å². The fourth-order valence-electron chi connectivity index (χ4n) is 4.10. The van der Waals surface area contributed by atoms with Crippen LogP contribution in [-0.2, 0) is 14.3 Å². The number of benzene rings is 2. The van der Waals surface area contributed by atoms with Crippen molar-refractivity contribution in [3.8, 4) is 5.75 Å². The van der Waals surface area contributed by atoms with Crippen molar-refractivity contribution in [1.29, 1.82) is 0 Å². The summed E-state index contributed by atoms with van der Waals surface area (Å²) in [5.74, 6) is -1.88. The summed E-state index contributed by atoms with van der Waals surface area (Å²) in [5.41, 5.74) is 1.54. The minimum atomic E-state index is -0.928. The van der Waals surface area contributed by atoms with Crippen LogP contribution in [0.2, 0.25) is 0 Å². The number of ketones is 1. The van der Waals surface area contributed by atoms with Gasteiger partial charge in [0, 0.05) is 23.6 Å². The van der Waals surface area contributed by atoms with E-state index in [0.29, 0.717) is 34.7 Å². The average molecular weight is 501 g/mol. The second-order valence-electron chi connectivity index (χ2n) is 8.83. The van der Waals surface area contributed by atoms with Crippen LogP contribution < -0.4 is 9.64 Å². The number of anilines is 1. The van der Waals surface area contributed by atoms with Crippen molar-refractivity contribution in [3.05, 3.63) is 95.3 Å². The van der Waals surface area contributed by atoms with Crippen molar-refractivity contribution in [1.82, 2.24) is 4.98 Å². The Hall–Kier alpha value is -4.46. The molecule has 3 aromatic rings. The highest BCUT2D eigenvalue weighted by atomic mass is 16.5. The maximum atomic E-state index is 13.3. The van der Waals surface area contributed by atoms with Crippen molar-refractivity contribution in [2.75, 3.05) is 11.5 Å². The summed E-state index contributed by atoms with van der Waals surface area (Å²) in [5, 5.41) is 11.3. The van der Waals surface area contributed by atoms with Gasteiger partial charge in [-0.15, -0.1) is 0 Å². The Labute approximate surface area is 215 Å². The standard InChI is InChI=1S/C29H28N2O6/c1-4-15-36-23-9-5-7-20(16-23)26(32)24-25(21-8-6-14-30-17-21)31(28(34)27(24)33)22-12-10-19(11-13-22)29(35)37-18(2)3/h5-14,16-18,25,32H,4,15H2,1-3H3/b26-24+. The van der Waals surface area contributed by atoms with Crippen LogP contribution in [0, 0.1) is 0 Å². The van der Waals surface area contributed by atoms with E-state index in [2.05, 4.69) is 4.98 Å². The van der Waals surface area contributed by atoms with Crippen LogP contribution in [0.15, 0.2) is 78.6 Å². The molecule has 1 amide bonds. The minimum Gasteiger partial charge on any atom is -0.507 e. The van der Waals surface area contributed by atoms with Crippen LogP contribution in [-0.4, -0.2) is 40.5 Å². The van der Waals surface area contributed by atoms with Crippen LogP contribution in [0.4, 0.5) is 5.69 Å². The van der Waals surface area contributed by atoms with E-state index in [-0.39, 0.29) is 17.4 Å². The number of aliphatic hydroxyl groups is 1. The molecule has 0 aliphatic carbocycles. The number of esters is 1. The number of carbonyl (C=O) groups is 3. The number of hydrogen-bond acceptors (Lipinski definition) is 7. The number of hydrogen-bond donors (Lipinski definition) is 1. The molecule has 4 rings (SSSR count). The molecule has 1 aliphatic heterocycles. The third-order valence-electron chi connectivity index (χ3n) is 5.75. The molecular formula is C29H28N2O6. The maximum absolute atomic E-state index is 13.3. The van der Waals surface area contributed by atoms with Gasteiger partial charge in [-0.05, 0) is 68.3 Å². The quantitative estimate of drug-likeness (QED) is 0.199. The molecule has 2 aromatic carbocycles. The molecule has 1 N–H and O–H groups in total. The van der Waals surface area contributed by atoms with E-state index in [1.165, 1.54) is 17.0 Å². The van der Waals surface area contributed by atoms with E-state index in [1.54, 1.807) is 74.8 Å². The molecule has 8 heteroatoms. The van der Waals surface area contributed by atoms with Gasteiger partial charge in [-0.25, -0.2) is 4.79 Å². The summed E-state index contributed by atoms with van der Waals surface area (Å²) in [6.07, 6.45) is 3.67. The number of amides is 1. The van der Waals surface area contributed by atoms with Crippen LogP contribution in [0.25, 0.3) is 5.76 Å². The summed E-state index contributed by atoms with van der Waals surface area (Å²) in [6, 6.07) is 15.5. The van der Waals surface area contributed by atoms with Crippen LogP contribution in [0.5, 0.6) is 5.75 Å². The van der Waals surface area contributed by atoms with Gasteiger partial charge in [-0.2, -0.15) is 0 Å². The van der Waals surface area contributed by atoms with E-state index in [0.717, 1.165) is 6.42 Å². The number of Topliss-reactive ketones (excluding diaryl/α,β-unsaturated/α-hetero) is 1. The van der Waals surface area contributed by atoms with Crippen molar-refractivity contribution in [3.63, 3.8) is 0 Å². The van der Waals surface area contributed by atoms with Gasteiger partial charge in [0.15, 0.2) is 0 Å². The van der Waals surface area contributed by atoms with Gasteiger partial charge in [-0.1, -0.05) is 25.1 Å². The third-order valence-corrected chi connectivity index (χ3v) is 5.75. The second-order valence-corrected chi connectivity index (χ2v) is 8.83. The van der Waals surface area contributed by atoms with Gasteiger partial charge in [-0.3, -0.25) is 19.5 Å². The lowest BCUT2D eigenvalue weighted by Gasteiger charge is -2.25. The zero-order chi connectivity index (χ0) is 26.5. The highest BCUT2D eigenvalue weighted by Gasteiger charge is 2.47. The second kappa shape index (κ2) is 11.1.